The van der Waals surface area contributed by atoms with E-state index in [0.29, 0.717) is 24.0 Å². The van der Waals surface area contributed by atoms with E-state index in [-0.39, 0.29) is 36.5 Å². The second-order valence-electron chi connectivity index (χ2n) is 8.88. The minimum Gasteiger partial charge on any atom is -0.353 e. The molecule has 3 fully saturated rings. The Hall–Kier alpha value is -2.26. The molecule has 4 nitrogen and oxygen atoms in total. The van der Waals surface area contributed by atoms with Gasteiger partial charge in [0.25, 0.3) is 0 Å². The van der Waals surface area contributed by atoms with Crippen LogP contribution in [-0.2, 0) is 28.5 Å². The van der Waals surface area contributed by atoms with E-state index in [9.17, 15) is 35.9 Å². The van der Waals surface area contributed by atoms with E-state index in [1.54, 1.807) is 0 Å². The van der Waals surface area contributed by atoms with Crippen molar-refractivity contribution in [1.29, 1.82) is 0 Å². The van der Waals surface area contributed by atoms with Gasteiger partial charge in [0.15, 0.2) is 0 Å². The fourth-order valence-corrected chi connectivity index (χ4v) is 5.15. The number of hydrogen-bond donors (Lipinski definition) is 1. The molecule has 2 bridgehead atoms. The highest BCUT2D eigenvalue weighted by Crippen LogP contribution is 2.44. The Morgan fingerprint density at radius 2 is 1.65 bits per heavy atom. The molecule has 0 aromatic heterocycles. The molecular formula is C21H22F6N2O2. The number of carbonyl (C=O) groups is 2. The van der Waals surface area contributed by atoms with E-state index in [0.717, 1.165) is 24.2 Å². The summed E-state index contributed by atoms with van der Waals surface area (Å²) in [5.74, 6) is -0.305. The Balaban J connectivity index is 1.44. The Bertz CT molecular complexity index is 849. The number of amides is 2. The molecule has 0 unspecified atom stereocenters. The maximum Gasteiger partial charge on any atom is 0.416 e. The summed E-state index contributed by atoms with van der Waals surface area (Å²) >= 11 is 0. The van der Waals surface area contributed by atoms with Gasteiger partial charge in [0.1, 0.15) is 0 Å². The molecule has 0 radical (unpaired) electrons. The van der Waals surface area contributed by atoms with Crippen LogP contribution >= 0.6 is 0 Å². The fraction of sp³-hybridized carbons (Fsp3) is 0.619. The third-order valence-electron chi connectivity index (χ3n) is 6.67. The summed E-state index contributed by atoms with van der Waals surface area (Å²) in [6.07, 6.45) is -5.74. The first kappa shape index (κ1) is 22.0. The van der Waals surface area contributed by atoms with Gasteiger partial charge in [-0.15, -0.1) is 0 Å². The highest BCUT2D eigenvalue weighted by Gasteiger charge is 2.42. The number of halogens is 6. The maximum atomic E-state index is 13.1. The number of rotatable bonds is 4. The van der Waals surface area contributed by atoms with E-state index in [1.807, 2.05) is 0 Å². The van der Waals surface area contributed by atoms with E-state index in [2.05, 4.69) is 5.32 Å². The van der Waals surface area contributed by atoms with Gasteiger partial charge in [-0.3, -0.25) is 9.59 Å². The summed E-state index contributed by atoms with van der Waals surface area (Å²) in [5.41, 5.74) is -3.12. The summed E-state index contributed by atoms with van der Waals surface area (Å²) in [6, 6.07) is 1.38. The largest absolute Gasteiger partial charge is 0.416 e. The van der Waals surface area contributed by atoms with Crippen molar-refractivity contribution in [3.05, 3.63) is 34.9 Å². The quantitative estimate of drug-likeness (QED) is 0.696. The summed E-state index contributed by atoms with van der Waals surface area (Å²) < 4.78 is 78.3. The lowest BCUT2D eigenvalue weighted by Gasteiger charge is -2.24. The van der Waals surface area contributed by atoms with E-state index < -0.39 is 41.8 Å². The average Bonchev–Trinajstić information content (AvgIpc) is 3.36. The normalized spacial score (nSPS) is 28.5. The first-order valence-electron chi connectivity index (χ1n) is 10.3. The van der Waals surface area contributed by atoms with Crippen molar-refractivity contribution in [2.75, 3.05) is 6.54 Å². The molecule has 1 N–H and O–H groups in total. The van der Waals surface area contributed by atoms with Crippen LogP contribution < -0.4 is 5.32 Å². The second-order valence-corrected chi connectivity index (χ2v) is 8.88. The predicted molar refractivity (Wildman–Crippen MR) is 97.3 cm³/mol. The molecule has 4 rings (SSSR count). The highest BCUT2D eigenvalue weighted by atomic mass is 19.4. The molecule has 1 heterocycles. The zero-order chi connectivity index (χ0) is 22.6. The van der Waals surface area contributed by atoms with Crippen molar-refractivity contribution < 1.29 is 35.9 Å². The molecule has 1 aliphatic heterocycles. The van der Waals surface area contributed by atoms with Crippen LogP contribution in [0, 0.1) is 17.8 Å². The smallest absolute Gasteiger partial charge is 0.353 e. The minimum atomic E-state index is -4.95. The van der Waals surface area contributed by atoms with E-state index >= 15 is 0 Å². The SMILES string of the molecule is O=C(N[C@H]1C[C@H]2CC[C@H]1C2)[C@@H]1CC(=O)N(Cc2cc(C(F)(F)F)cc(C(F)(F)F)c2)C1. The zero-order valence-corrected chi connectivity index (χ0v) is 16.5. The van der Waals surface area contributed by atoms with Gasteiger partial charge in [-0.25, -0.2) is 0 Å². The summed E-state index contributed by atoms with van der Waals surface area (Å²) in [5, 5.41) is 3.00. The number of hydrogen-bond acceptors (Lipinski definition) is 2. The van der Waals surface area contributed by atoms with Gasteiger partial charge < -0.3 is 10.2 Å². The van der Waals surface area contributed by atoms with Gasteiger partial charge in [-0.05, 0) is 54.9 Å². The topological polar surface area (TPSA) is 49.4 Å². The lowest BCUT2D eigenvalue weighted by Crippen LogP contribution is -2.42. The number of alkyl halides is 6. The molecule has 31 heavy (non-hydrogen) atoms. The zero-order valence-electron chi connectivity index (χ0n) is 16.5. The number of nitrogens with zero attached hydrogens (tertiary/aromatic N) is 1. The number of nitrogens with one attached hydrogen (secondary N) is 1. The molecule has 4 atom stereocenters. The molecule has 1 saturated heterocycles. The van der Waals surface area contributed by atoms with Gasteiger partial charge in [-0.1, -0.05) is 6.42 Å². The monoisotopic (exact) mass is 448 g/mol. The van der Waals surface area contributed by atoms with Crippen molar-refractivity contribution in [2.24, 2.45) is 17.8 Å². The Morgan fingerprint density at radius 3 is 2.16 bits per heavy atom. The minimum absolute atomic E-state index is 0.0247. The third kappa shape index (κ3) is 4.67. The van der Waals surface area contributed by atoms with E-state index in [1.165, 1.54) is 6.42 Å². The summed E-state index contributed by atoms with van der Waals surface area (Å²) in [4.78, 5) is 26.1. The van der Waals surface area contributed by atoms with Crippen LogP contribution in [0.4, 0.5) is 26.3 Å². The maximum absolute atomic E-state index is 13.1. The van der Waals surface area contributed by atoms with Crippen LogP contribution in [0.1, 0.15) is 48.8 Å². The molecule has 2 saturated carbocycles. The molecular weight excluding hydrogens is 426 g/mol. The van der Waals surface area contributed by atoms with Crippen LogP contribution in [0.2, 0.25) is 0 Å². The van der Waals surface area contributed by atoms with Crippen LogP contribution in [0.3, 0.4) is 0 Å². The number of carbonyl (C=O) groups excluding carboxylic acids is 2. The average molecular weight is 448 g/mol. The first-order valence-corrected chi connectivity index (χ1v) is 10.3. The molecule has 10 heteroatoms. The molecule has 1 aromatic carbocycles. The number of fused-ring (bicyclic) bond motifs is 2. The lowest BCUT2D eigenvalue weighted by molar-refractivity contribution is -0.143. The molecule has 2 amide bonds. The van der Waals surface area contributed by atoms with Gasteiger partial charge in [0.2, 0.25) is 11.8 Å². The van der Waals surface area contributed by atoms with Crippen LogP contribution in [-0.4, -0.2) is 29.3 Å². The first-order chi connectivity index (χ1) is 14.4. The van der Waals surface area contributed by atoms with Crippen molar-refractivity contribution in [3.63, 3.8) is 0 Å². The Morgan fingerprint density at radius 1 is 1.00 bits per heavy atom. The van der Waals surface area contributed by atoms with Gasteiger partial charge in [-0.2, -0.15) is 26.3 Å². The summed E-state index contributed by atoms with van der Waals surface area (Å²) in [6.45, 7) is -0.438. The van der Waals surface area contributed by atoms with Crippen molar-refractivity contribution in [2.45, 2.75) is 57.0 Å². The number of benzene rings is 1. The molecule has 1 aromatic rings. The standard InChI is InChI=1S/C21H22F6N2O2/c22-20(23,24)15-4-12(5-16(8-15)21(25,26)27)9-29-10-14(7-18(29)30)19(31)28-17-6-11-1-2-13(17)3-11/h4-5,8,11,13-14,17H,1-3,6-7,9-10H2,(H,28,31)/t11-,13-,14+,17-/m0/s1. The van der Waals surface area contributed by atoms with Gasteiger partial charge in [0.05, 0.1) is 17.0 Å². The lowest BCUT2D eigenvalue weighted by atomic mass is 9.94. The van der Waals surface area contributed by atoms with Crippen LogP contribution in [0.5, 0.6) is 0 Å². The van der Waals surface area contributed by atoms with Crippen LogP contribution in [0.25, 0.3) is 0 Å². The molecule has 3 aliphatic rings. The van der Waals surface area contributed by atoms with Crippen molar-refractivity contribution >= 4 is 11.8 Å². The van der Waals surface area contributed by atoms with E-state index in [4.69, 9.17) is 0 Å². The molecule has 2 aliphatic carbocycles. The fourth-order valence-electron chi connectivity index (χ4n) is 5.15. The molecule has 170 valence electrons. The Labute approximate surface area is 175 Å². The van der Waals surface area contributed by atoms with Crippen molar-refractivity contribution in [1.82, 2.24) is 10.2 Å². The van der Waals surface area contributed by atoms with Crippen molar-refractivity contribution in [3.8, 4) is 0 Å². The van der Waals surface area contributed by atoms with Gasteiger partial charge >= 0.3 is 12.4 Å². The second kappa shape index (κ2) is 7.70. The van der Waals surface area contributed by atoms with Crippen LogP contribution in [0.15, 0.2) is 18.2 Å². The Kier molecular flexibility index (Phi) is 5.46. The van der Waals surface area contributed by atoms with Gasteiger partial charge in [0, 0.05) is 25.6 Å². The molecule has 0 spiro atoms. The highest BCUT2D eigenvalue weighted by molar-refractivity contribution is 5.89. The predicted octanol–water partition coefficient (Wildman–Crippen LogP) is 4.38. The number of likely N-dealkylation sites (tertiary alicyclic amines) is 1. The summed E-state index contributed by atoms with van der Waals surface area (Å²) in [7, 11) is 0. The third-order valence-corrected chi connectivity index (χ3v) is 6.67.